The van der Waals surface area contributed by atoms with Gasteiger partial charge in [-0.25, -0.2) is 13.1 Å². The molecule has 3 N–H and O–H groups in total. The van der Waals surface area contributed by atoms with E-state index in [1.807, 2.05) is 13.8 Å². The Kier molecular flexibility index (Phi) is 7.60. The monoisotopic (exact) mass is 409 g/mol. The quantitative estimate of drug-likeness (QED) is 0.637. The zero-order valence-electron chi connectivity index (χ0n) is 17.0. The van der Waals surface area contributed by atoms with E-state index in [0.29, 0.717) is 11.8 Å². The van der Waals surface area contributed by atoms with E-state index >= 15 is 0 Å². The summed E-state index contributed by atoms with van der Waals surface area (Å²) in [5.74, 6) is 0.163. The summed E-state index contributed by atoms with van der Waals surface area (Å²) < 4.78 is 26.9. The third-order valence-electron chi connectivity index (χ3n) is 5.71. The number of aryl methyl sites for hydroxylation is 2. The van der Waals surface area contributed by atoms with Gasteiger partial charge in [-0.3, -0.25) is 9.59 Å². The van der Waals surface area contributed by atoms with E-state index < -0.39 is 22.5 Å². The number of amides is 2. The lowest BCUT2D eigenvalue weighted by Crippen LogP contribution is -2.48. The molecule has 0 unspecified atom stereocenters. The first-order valence-corrected chi connectivity index (χ1v) is 11.2. The molecule has 8 heteroatoms. The predicted molar refractivity (Wildman–Crippen MR) is 108 cm³/mol. The number of nitrogens with one attached hydrogen (secondary N) is 3. The SMILES string of the molecule is Cc1ccc(S(=O)(=O)NCC(=O)NCC(=O)N[C@@H]2CCC[C@@H](C)[C@@H]2C)cc1C. The Morgan fingerprint density at radius 1 is 1.04 bits per heavy atom. The third-order valence-corrected chi connectivity index (χ3v) is 7.11. The molecule has 1 aromatic rings. The molecular formula is C20H31N3O4S. The summed E-state index contributed by atoms with van der Waals surface area (Å²) >= 11 is 0. The van der Waals surface area contributed by atoms with Crippen LogP contribution in [0.15, 0.2) is 23.1 Å². The lowest BCUT2D eigenvalue weighted by atomic mass is 9.78. The molecule has 2 amide bonds. The molecule has 1 aliphatic rings. The Bertz CT molecular complexity index is 823. The van der Waals surface area contributed by atoms with Crippen LogP contribution in [0.3, 0.4) is 0 Å². The van der Waals surface area contributed by atoms with Crippen molar-refractivity contribution in [1.29, 1.82) is 0 Å². The standard InChI is InChI=1S/C20H31N3O4S/c1-13-8-9-17(10-15(13)3)28(26,27)22-12-19(24)21-11-20(25)23-18-7-5-6-14(2)16(18)4/h8-10,14,16,18,22H,5-7,11-12H2,1-4H3,(H,21,24)(H,23,25)/t14-,16+,18-/m1/s1. The average molecular weight is 410 g/mol. The van der Waals surface area contributed by atoms with Crippen molar-refractivity contribution in [2.24, 2.45) is 11.8 Å². The van der Waals surface area contributed by atoms with Gasteiger partial charge >= 0.3 is 0 Å². The van der Waals surface area contributed by atoms with Crippen LogP contribution in [-0.2, 0) is 19.6 Å². The topological polar surface area (TPSA) is 104 Å². The van der Waals surface area contributed by atoms with Gasteiger partial charge in [0.2, 0.25) is 21.8 Å². The molecule has 1 fully saturated rings. The van der Waals surface area contributed by atoms with Crippen molar-refractivity contribution in [2.45, 2.75) is 57.9 Å². The second kappa shape index (κ2) is 9.52. The van der Waals surface area contributed by atoms with Gasteiger partial charge in [0.25, 0.3) is 0 Å². The molecule has 0 heterocycles. The Morgan fingerprint density at radius 3 is 2.43 bits per heavy atom. The highest BCUT2D eigenvalue weighted by atomic mass is 32.2. The highest BCUT2D eigenvalue weighted by Crippen LogP contribution is 2.29. The van der Waals surface area contributed by atoms with Gasteiger partial charge < -0.3 is 10.6 Å². The lowest BCUT2D eigenvalue weighted by Gasteiger charge is -2.34. The van der Waals surface area contributed by atoms with Crippen molar-refractivity contribution in [1.82, 2.24) is 15.4 Å². The van der Waals surface area contributed by atoms with Crippen LogP contribution in [0.1, 0.15) is 44.2 Å². The molecule has 28 heavy (non-hydrogen) atoms. The van der Waals surface area contributed by atoms with E-state index in [4.69, 9.17) is 0 Å². The molecule has 0 aromatic heterocycles. The molecule has 2 rings (SSSR count). The molecule has 3 atom stereocenters. The second-order valence-corrected chi connectivity index (χ2v) is 9.56. The Hall–Kier alpha value is -1.93. The lowest BCUT2D eigenvalue weighted by molar-refractivity contribution is -0.126. The molecule has 156 valence electrons. The molecule has 1 aromatic carbocycles. The summed E-state index contributed by atoms with van der Waals surface area (Å²) in [7, 11) is -3.78. The van der Waals surface area contributed by atoms with Gasteiger partial charge in [-0.1, -0.05) is 32.8 Å². The van der Waals surface area contributed by atoms with Crippen molar-refractivity contribution in [2.75, 3.05) is 13.1 Å². The average Bonchev–Trinajstić information content (AvgIpc) is 2.64. The van der Waals surface area contributed by atoms with E-state index in [1.165, 1.54) is 12.5 Å². The summed E-state index contributed by atoms with van der Waals surface area (Å²) in [5, 5.41) is 5.44. The Morgan fingerprint density at radius 2 is 1.75 bits per heavy atom. The van der Waals surface area contributed by atoms with Gasteiger partial charge in [0, 0.05) is 6.04 Å². The Labute approximate surface area is 167 Å². The van der Waals surface area contributed by atoms with Gasteiger partial charge in [0.1, 0.15) is 0 Å². The smallest absolute Gasteiger partial charge is 0.241 e. The van der Waals surface area contributed by atoms with E-state index in [0.717, 1.165) is 24.0 Å². The highest BCUT2D eigenvalue weighted by molar-refractivity contribution is 7.89. The summed E-state index contributed by atoms with van der Waals surface area (Å²) in [6.45, 7) is 7.46. The fraction of sp³-hybridized carbons (Fsp3) is 0.600. The third kappa shape index (κ3) is 6.04. The van der Waals surface area contributed by atoms with Crippen molar-refractivity contribution in [3.05, 3.63) is 29.3 Å². The molecule has 0 radical (unpaired) electrons. The van der Waals surface area contributed by atoms with Gasteiger partial charge in [0.05, 0.1) is 18.0 Å². The molecule has 7 nitrogen and oxygen atoms in total. The number of carbonyl (C=O) groups is 2. The fourth-order valence-corrected chi connectivity index (χ4v) is 4.48. The summed E-state index contributed by atoms with van der Waals surface area (Å²) in [5.41, 5.74) is 1.85. The maximum Gasteiger partial charge on any atom is 0.241 e. The first-order valence-electron chi connectivity index (χ1n) is 9.73. The zero-order valence-corrected chi connectivity index (χ0v) is 17.9. The van der Waals surface area contributed by atoms with Crippen LogP contribution in [0.25, 0.3) is 0 Å². The molecule has 1 saturated carbocycles. The number of carbonyl (C=O) groups excluding carboxylic acids is 2. The van der Waals surface area contributed by atoms with Crippen LogP contribution in [0.5, 0.6) is 0 Å². The number of benzene rings is 1. The van der Waals surface area contributed by atoms with E-state index in [-0.39, 0.29) is 23.4 Å². The van der Waals surface area contributed by atoms with Gasteiger partial charge in [-0.2, -0.15) is 0 Å². The van der Waals surface area contributed by atoms with Gasteiger partial charge in [-0.15, -0.1) is 0 Å². The maximum atomic E-state index is 12.3. The molecule has 0 bridgehead atoms. The minimum atomic E-state index is -3.78. The van der Waals surface area contributed by atoms with Crippen LogP contribution in [0, 0.1) is 25.7 Å². The van der Waals surface area contributed by atoms with Gasteiger partial charge in [0.15, 0.2) is 0 Å². The number of hydrogen-bond donors (Lipinski definition) is 3. The molecular weight excluding hydrogens is 378 g/mol. The van der Waals surface area contributed by atoms with Crippen LogP contribution in [0.4, 0.5) is 0 Å². The van der Waals surface area contributed by atoms with Crippen molar-refractivity contribution >= 4 is 21.8 Å². The number of hydrogen-bond acceptors (Lipinski definition) is 4. The summed E-state index contributed by atoms with van der Waals surface area (Å²) in [4.78, 5) is 24.1. The Balaban J connectivity index is 1.79. The molecule has 0 spiro atoms. The minimum Gasteiger partial charge on any atom is -0.352 e. The molecule has 0 aliphatic heterocycles. The normalized spacial score (nSPS) is 22.5. The summed E-state index contributed by atoms with van der Waals surface area (Å²) in [6, 6.07) is 4.91. The van der Waals surface area contributed by atoms with Crippen LogP contribution >= 0.6 is 0 Å². The van der Waals surface area contributed by atoms with E-state index in [1.54, 1.807) is 12.1 Å². The van der Waals surface area contributed by atoms with Crippen molar-refractivity contribution in [3.8, 4) is 0 Å². The van der Waals surface area contributed by atoms with Crippen LogP contribution < -0.4 is 15.4 Å². The second-order valence-electron chi connectivity index (χ2n) is 7.79. The number of rotatable bonds is 7. The highest BCUT2D eigenvalue weighted by Gasteiger charge is 2.28. The van der Waals surface area contributed by atoms with Crippen molar-refractivity contribution < 1.29 is 18.0 Å². The molecule has 0 saturated heterocycles. The van der Waals surface area contributed by atoms with Crippen LogP contribution in [0.2, 0.25) is 0 Å². The fourth-order valence-electron chi connectivity index (χ4n) is 3.41. The van der Waals surface area contributed by atoms with E-state index in [9.17, 15) is 18.0 Å². The van der Waals surface area contributed by atoms with E-state index in [2.05, 4.69) is 29.2 Å². The molecule has 1 aliphatic carbocycles. The predicted octanol–water partition coefficient (Wildman–Crippen LogP) is 1.64. The zero-order chi connectivity index (χ0) is 20.9. The largest absolute Gasteiger partial charge is 0.352 e. The summed E-state index contributed by atoms with van der Waals surface area (Å²) in [6.07, 6.45) is 3.20. The first kappa shape index (κ1) is 22.4. The van der Waals surface area contributed by atoms with Crippen molar-refractivity contribution in [3.63, 3.8) is 0 Å². The van der Waals surface area contributed by atoms with Gasteiger partial charge in [-0.05, 0) is 55.4 Å². The van der Waals surface area contributed by atoms with Crippen LogP contribution in [-0.4, -0.2) is 39.4 Å². The number of sulfonamides is 1. The first-order chi connectivity index (χ1) is 13.1. The maximum absolute atomic E-state index is 12.3. The minimum absolute atomic E-state index is 0.113.